The van der Waals surface area contributed by atoms with Crippen molar-refractivity contribution in [2.24, 2.45) is 0 Å². The van der Waals surface area contributed by atoms with Crippen molar-refractivity contribution in [1.29, 1.82) is 0 Å². The molecule has 0 bridgehead atoms. The Bertz CT molecular complexity index is 625. The van der Waals surface area contributed by atoms with Crippen LogP contribution in [0.15, 0.2) is 18.2 Å². The molecule has 1 amide bonds. The van der Waals surface area contributed by atoms with Gasteiger partial charge in [0.1, 0.15) is 0 Å². The summed E-state index contributed by atoms with van der Waals surface area (Å²) < 4.78 is 6.29. The number of fused-ring (bicyclic) bond motifs is 1. The Labute approximate surface area is 125 Å². The fourth-order valence-corrected chi connectivity index (χ4v) is 3.25. The number of amides is 1. The van der Waals surface area contributed by atoms with Gasteiger partial charge in [-0.3, -0.25) is 4.79 Å². The number of thiazole rings is 1. The number of nitrogens with zero attached hydrogens (tertiary/aromatic N) is 1. The SMILES string of the molecule is O=C(CC1COCCN1)Nc1nc2ccc(Cl)cc2s1. The van der Waals surface area contributed by atoms with Gasteiger partial charge in [-0.05, 0) is 18.2 Å². The van der Waals surface area contributed by atoms with Crippen LogP contribution in [0.1, 0.15) is 6.42 Å². The first-order valence-corrected chi connectivity index (χ1v) is 7.57. The van der Waals surface area contributed by atoms with E-state index in [4.69, 9.17) is 16.3 Å². The van der Waals surface area contributed by atoms with Gasteiger partial charge in [0.05, 0.1) is 23.4 Å². The molecule has 0 spiro atoms. The minimum absolute atomic E-state index is 0.0573. The highest BCUT2D eigenvalue weighted by atomic mass is 35.5. The number of hydrogen-bond donors (Lipinski definition) is 2. The molecule has 1 unspecified atom stereocenters. The highest BCUT2D eigenvalue weighted by molar-refractivity contribution is 7.22. The van der Waals surface area contributed by atoms with Crippen LogP contribution < -0.4 is 10.6 Å². The van der Waals surface area contributed by atoms with E-state index in [-0.39, 0.29) is 11.9 Å². The lowest BCUT2D eigenvalue weighted by molar-refractivity contribution is -0.117. The molecule has 106 valence electrons. The van der Waals surface area contributed by atoms with Crippen molar-refractivity contribution in [1.82, 2.24) is 10.3 Å². The highest BCUT2D eigenvalue weighted by Crippen LogP contribution is 2.28. The molecule has 0 radical (unpaired) electrons. The smallest absolute Gasteiger partial charge is 0.227 e. The maximum absolute atomic E-state index is 12.0. The molecule has 1 aromatic carbocycles. The number of morpholine rings is 1. The lowest BCUT2D eigenvalue weighted by Gasteiger charge is -2.22. The summed E-state index contributed by atoms with van der Waals surface area (Å²) in [4.78, 5) is 16.3. The molecule has 2 heterocycles. The molecule has 5 nitrogen and oxygen atoms in total. The first-order chi connectivity index (χ1) is 9.70. The molecule has 20 heavy (non-hydrogen) atoms. The minimum Gasteiger partial charge on any atom is -0.378 e. The van der Waals surface area contributed by atoms with Gasteiger partial charge in [-0.15, -0.1) is 0 Å². The number of hydrogen-bond acceptors (Lipinski definition) is 5. The molecule has 1 aliphatic heterocycles. The van der Waals surface area contributed by atoms with Crippen molar-refractivity contribution in [3.63, 3.8) is 0 Å². The summed E-state index contributed by atoms with van der Waals surface area (Å²) in [7, 11) is 0. The largest absolute Gasteiger partial charge is 0.378 e. The van der Waals surface area contributed by atoms with Crippen LogP contribution in [0.3, 0.4) is 0 Å². The van der Waals surface area contributed by atoms with Gasteiger partial charge in [-0.25, -0.2) is 4.98 Å². The van der Waals surface area contributed by atoms with Crippen LogP contribution >= 0.6 is 22.9 Å². The van der Waals surface area contributed by atoms with E-state index in [1.807, 2.05) is 12.1 Å². The van der Waals surface area contributed by atoms with Gasteiger partial charge < -0.3 is 15.4 Å². The van der Waals surface area contributed by atoms with Crippen LogP contribution in [-0.2, 0) is 9.53 Å². The van der Waals surface area contributed by atoms with Crippen molar-refractivity contribution in [3.05, 3.63) is 23.2 Å². The first kappa shape index (κ1) is 13.8. The van der Waals surface area contributed by atoms with Gasteiger partial charge in [-0.2, -0.15) is 0 Å². The third kappa shape index (κ3) is 3.27. The molecule has 2 N–H and O–H groups in total. The van der Waals surface area contributed by atoms with Gasteiger partial charge in [0, 0.05) is 24.0 Å². The summed E-state index contributed by atoms with van der Waals surface area (Å²) in [5.41, 5.74) is 0.842. The first-order valence-electron chi connectivity index (χ1n) is 6.38. The summed E-state index contributed by atoms with van der Waals surface area (Å²) >= 11 is 7.35. The van der Waals surface area contributed by atoms with Crippen molar-refractivity contribution in [2.45, 2.75) is 12.5 Å². The molecule has 1 atom stereocenters. The number of nitrogens with one attached hydrogen (secondary N) is 2. The number of benzene rings is 1. The van der Waals surface area contributed by atoms with Crippen LogP contribution in [0.4, 0.5) is 5.13 Å². The Morgan fingerprint density at radius 1 is 1.60 bits per heavy atom. The number of anilines is 1. The van der Waals surface area contributed by atoms with E-state index in [9.17, 15) is 4.79 Å². The zero-order chi connectivity index (χ0) is 13.9. The zero-order valence-electron chi connectivity index (χ0n) is 10.7. The summed E-state index contributed by atoms with van der Waals surface area (Å²) in [6.07, 6.45) is 0.386. The monoisotopic (exact) mass is 311 g/mol. The second-order valence-electron chi connectivity index (χ2n) is 4.61. The Balaban J connectivity index is 1.64. The summed E-state index contributed by atoms with van der Waals surface area (Å²) in [5.74, 6) is -0.0573. The Kier molecular flexibility index (Phi) is 4.16. The lowest BCUT2D eigenvalue weighted by atomic mass is 10.2. The highest BCUT2D eigenvalue weighted by Gasteiger charge is 2.17. The number of halogens is 1. The molecule has 1 aliphatic rings. The fourth-order valence-electron chi connectivity index (χ4n) is 2.10. The normalized spacial score (nSPS) is 19.1. The Morgan fingerprint density at radius 3 is 3.30 bits per heavy atom. The second kappa shape index (κ2) is 6.05. The van der Waals surface area contributed by atoms with E-state index in [0.717, 1.165) is 16.8 Å². The summed E-state index contributed by atoms with van der Waals surface area (Å²) in [6, 6.07) is 5.56. The molecule has 0 aliphatic carbocycles. The van der Waals surface area contributed by atoms with Gasteiger partial charge in [-0.1, -0.05) is 22.9 Å². The van der Waals surface area contributed by atoms with E-state index in [1.54, 1.807) is 6.07 Å². The molecular formula is C13H14ClN3O2S. The lowest BCUT2D eigenvalue weighted by Crippen LogP contribution is -2.43. The molecule has 3 rings (SSSR count). The quantitative estimate of drug-likeness (QED) is 0.913. The van der Waals surface area contributed by atoms with Crippen molar-refractivity contribution >= 4 is 44.2 Å². The van der Waals surface area contributed by atoms with Crippen molar-refractivity contribution in [2.75, 3.05) is 25.1 Å². The molecule has 1 saturated heterocycles. The number of aromatic nitrogens is 1. The number of carbonyl (C=O) groups excluding carboxylic acids is 1. The number of rotatable bonds is 3. The van der Waals surface area contributed by atoms with Crippen molar-refractivity contribution in [3.8, 4) is 0 Å². The molecule has 1 aromatic heterocycles. The van der Waals surface area contributed by atoms with Gasteiger partial charge in [0.2, 0.25) is 5.91 Å². The molecule has 7 heteroatoms. The van der Waals surface area contributed by atoms with Gasteiger partial charge >= 0.3 is 0 Å². The minimum atomic E-state index is -0.0573. The van der Waals surface area contributed by atoms with E-state index in [2.05, 4.69) is 15.6 Å². The van der Waals surface area contributed by atoms with E-state index in [1.165, 1.54) is 11.3 Å². The number of ether oxygens (including phenoxy) is 1. The predicted octanol–water partition coefficient (Wildman–Crippen LogP) is 2.27. The van der Waals surface area contributed by atoms with Crippen LogP contribution in [0.25, 0.3) is 10.2 Å². The zero-order valence-corrected chi connectivity index (χ0v) is 12.3. The van der Waals surface area contributed by atoms with E-state index < -0.39 is 0 Å². The molecule has 2 aromatic rings. The molecule has 0 saturated carbocycles. The average molecular weight is 312 g/mol. The third-order valence-electron chi connectivity index (χ3n) is 3.03. The topological polar surface area (TPSA) is 63.2 Å². The van der Waals surface area contributed by atoms with Gasteiger partial charge in [0.15, 0.2) is 5.13 Å². The Hall–Kier alpha value is -1.21. The Morgan fingerprint density at radius 2 is 2.50 bits per heavy atom. The predicted molar refractivity (Wildman–Crippen MR) is 80.5 cm³/mol. The molecular weight excluding hydrogens is 298 g/mol. The van der Waals surface area contributed by atoms with Crippen LogP contribution in [0.5, 0.6) is 0 Å². The van der Waals surface area contributed by atoms with Crippen molar-refractivity contribution < 1.29 is 9.53 Å². The standard InChI is InChI=1S/C13H14ClN3O2S/c14-8-1-2-10-11(5-8)20-13(16-10)17-12(18)6-9-7-19-4-3-15-9/h1-2,5,9,15H,3-4,6-7H2,(H,16,17,18). The van der Waals surface area contributed by atoms with Crippen LogP contribution in [0.2, 0.25) is 5.02 Å². The van der Waals surface area contributed by atoms with E-state index >= 15 is 0 Å². The number of carbonyl (C=O) groups is 1. The van der Waals surface area contributed by atoms with Gasteiger partial charge in [0.25, 0.3) is 0 Å². The fraction of sp³-hybridized carbons (Fsp3) is 0.385. The van der Waals surface area contributed by atoms with Crippen LogP contribution in [0, 0.1) is 0 Å². The molecule has 1 fully saturated rings. The maximum Gasteiger partial charge on any atom is 0.227 e. The third-order valence-corrected chi connectivity index (χ3v) is 4.20. The average Bonchev–Trinajstić information content (AvgIpc) is 2.80. The van der Waals surface area contributed by atoms with E-state index in [0.29, 0.717) is 29.8 Å². The van der Waals surface area contributed by atoms with Crippen LogP contribution in [-0.4, -0.2) is 36.7 Å². The summed E-state index contributed by atoms with van der Waals surface area (Å²) in [6.45, 7) is 2.07. The maximum atomic E-state index is 12.0. The summed E-state index contributed by atoms with van der Waals surface area (Å²) in [5, 5.41) is 7.35. The second-order valence-corrected chi connectivity index (χ2v) is 6.08.